The molecular weight excluding hydrogens is 344 g/mol. The smallest absolute Gasteiger partial charge is 0.130 e. The summed E-state index contributed by atoms with van der Waals surface area (Å²) in [6, 6.07) is 4.53. The molecule has 0 saturated heterocycles. The number of ether oxygens (including phenoxy) is 1. The molecule has 1 aromatic carbocycles. The second-order valence-electron chi connectivity index (χ2n) is 10.5. The quantitative estimate of drug-likeness (QED) is 0.361. The molecule has 2 heteroatoms. The molecule has 27 heavy (non-hydrogen) atoms. The Morgan fingerprint density at radius 3 is 2.00 bits per heavy atom. The van der Waals surface area contributed by atoms with Gasteiger partial charge in [-0.15, -0.1) is 0 Å². The lowest BCUT2D eigenvalue weighted by molar-refractivity contribution is 0.309. The van der Waals surface area contributed by atoms with E-state index in [9.17, 15) is 0 Å². The average molecular weight is 383 g/mol. The van der Waals surface area contributed by atoms with Crippen molar-refractivity contribution in [3.05, 3.63) is 40.8 Å². The van der Waals surface area contributed by atoms with Gasteiger partial charge in [0.05, 0.1) is 14.3 Å². The Morgan fingerprint density at radius 1 is 0.889 bits per heavy atom. The van der Waals surface area contributed by atoms with Crippen molar-refractivity contribution in [1.29, 1.82) is 0 Å². The predicted molar refractivity (Wildman–Crippen MR) is 118 cm³/mol. The van der Waals surface area contributed by atoms with E-state index in [1.807, 2.05) is 0 Å². The predicted octanol–water partition coefficient (Wildman–Crippen LogP) is 7.72. The first kappa shape index (κ1) is 19.3. The molecule has 148 valence electrons. The van der Waals surface area contributed by atoms with Gasteiger partial charge in [-0.05, 0) is 83.7 Å². The lowest BCUT2D eigenvalue weighted by Gasteiger charge is -2.44. The summed E-state index contributed by atoms with van der Waals surface area (Å²) in [6.07, 6.45) is 6.44. The van der Waals surface area contributed by atoms with Gasteiger partial charge in [-0.3, -0.25) is 0 Å². The summed E-state index contributed by atoms with van der Waals surface area (Å²) in [5.74, 6) is 4.68. The third-order valence-corrected chi connectivity index (χ3v) is 15.3. The van der Waals surface area contributed by atoms with Gasteiger partial charge in [0.2, 0.25) is 0 Å². The van der Waals surface area contributed by atoms with Crippen molar-refractivity contribution in [3.63, 3.8) is 0 Å². The summed E-state index contributed by atoms with van der Waals surface area (Å²) in [6.45, 7) is 16.8. The summed E-state index contributed by atoms with van der Waals surface area (Å²) in [4.78, 5) is 0. The van der Waals surface area contributed by atoms with Crippen molar-refractivity contribution in [2.24, 2.45) is 11.8 Å². The van der Waals surface area contributed by atoms with Crippen LogP contribution in [0.2, 0.25) is 16.6 Å². The topological polar surface area (TPSA) is 9.23 Å². The van der Waals surface area contributed by atoms with Gasteiger partial charge in [0.1, 0.15) is 5.75 Å². The van der Waals surface area contributed by atoms with Crippen LogP contribution in [0, 0.1) is 18.8 Å². The maximum absolute atomic E-state index is 6.40. The molecule has 1 aromatic rings. The second kappa shape index (κ2) is 6.79. The van der Waals surface area contributed by atoms with Gasteiger partial charge in [-0.1, -0.05) is 53.3 Å². The van der Waals surface area contributed by atoms with Crippen LogP contribution in [0.15, 0.2) is 24.1 Å². The van der Waals surface area contributed by atoms with E-state index in [4.69, 9.17) is 4.74 Å². The SMILES string of the molecule is Cc1ccc(O/C=C\[Si](C(C)C)(C(C)C)C(C)C)c2c1C1C3CCC(C3)C21. The van der Waals surface area contributed by atoms with Crippen LogP contribution in [0.5, 0.6) is 5.75 Å². The minimum Gasteiger partial charge on any atom is -0.465 e. The molecule has 0 aliphatic heterocycles. The molecule has 0 N–H and O–H groups in total. The Bertz CT molecular complexity index is 723. The van der Waals surface area contributed by atoms with Crippen LogP contribution in [-0.2, 0) is 0 Å². The van der Waals surface area contributed by atoms with Crippen molar-refractivity contribution in [3.8, 4) is 5.75 Å². The number of hydrogen-bond donors (Lipinski definition) is 0. The molecule has 0 aromatic heterocycles. The largest absolute Gasteiger partial charge is 0.465 e. The Hall–Kier alpha value is -1.02. The van der Waals surface area contributed by atoms with E-state index in [1.54, 1.807) is 11.1 Å². The van der Waals surface area contributed by atoms with Crippen molar-refractivity contribution in [2.45, 2.75) is 96.2 Å². The fourth-order valence-electron chi connectivity index (χ4n) is 7.44. The monoisotopic (exact) mass is 382 g/mol. The zero-order valence-electron chi connectivity index (χ0n) is 18.4. The van der Waals surface area contributed by atoms with Gasteiger partial charge >= 0.3 is 0 Å². The summed E-state index contributed by atoms with van der Waals surface area (Å²) in [7, 11) is -1.55. The van der Waals surface area contributed by atoms with Crippen molar-refractivity contribution < 1.29 is 4.74 Å². The van der Waals surface area contributed by atoms with E-state index in [1.165, 1.54) is 24.8 Å². The molecule has 0 amide bonds. The minimum absolute atomic E-state index is 0.730. The number of benzene rings is 1. The van der Waals surface area contributed by atoms with Crippen molar-refractivity contribution >= 4 is 8.07 Å². The lowest BCUT2D eigenvalue weighted by Crippen LogP contribution is -2.42. The first-order chi connectivity index (χ1) is 12.8. The highest BCUT2D eigenvalue weighted by atomic mass is 28.3. The highest BCUT2D eigenvalue weighted by molar-refractivity contribution is 6.87. The molecule has 3 aliphatic rings. The van der Waals surface area contributed by atoms with Crippen LogP contribution in [0.3, 0.4) is 0 Å². The lowest BCUT2D eigenvalue weighted by atomic mass is 9.60. The number of rotatable bonds is 6. The van der Waals surface area contributed by atoms with Gasteiger partial charge in [0.25, 0.3) is 0 Å². The first-order valence-corrected chi connectivity index (χ1v) is 13.6. The summed E-state index contributed by atoms with van der Waals surface area (Å²) >= 11 is 0. The van der Waals surface area contributed by atoms with Crippen LogP contribution >= 0.6 is 0 Å². The maximum atomic E-state index is 6.40. The van der Waals surface area contributed by atoms with Crippen LogP contribution in [0.4, 0.5) is 0 Å². The normalized spacial score (nSPS) is 29.0. The molecule has 4 atom stereocenters. The molecule has 3 aliphatic carbocycles. The second-order valence-corrected chi connectivity index (χ2v) is 16.3. The summed E-state index contributed by atoms with van der Waals surface area (Å²) in [5.41, 5.74) is 9.41. The van der Waals surface area contributed by atoms with Crippen molar-refractivity contribution in [1.82, 2.24) is 0 Å². The molecule has 2 fully saturated rings. The Balaban J connectivity index is 1.62. The van der Waals surface area contributed by atoms with E-state index in [2.05, 4.69) is 72.6 Å². The molecule has 4 unspecified atom stereocenters. The number of hydrogen-bond acceptors (Lipinski definition) is 1. The highest BCUT2D eigenvalue weighted by Gasteiger charge is 2.57. The number of aryl methyl sites for hydroxylation is 1. The third-order valence-electron chi connectivity index (χ3n) is 8.60. The van der Waals surface area contributed by atoms with Crippen molar-refractivity contribution in [2.75, 3.05) is 0 Å². The summed E-state index contributed by atoms with van der Waals surface area (Å²) < 4.78 is 6.40. The van der Waals surface area contributed by atoms with Crippen LogP contribution in [0.25, 0.3) is 0 Å². The first-order valence-electron chi connectivity index (χ1n) is 11.3. The Labute approximate surface area is 167 Å². The Morgan fingerprint density at radius 2 is 1.44 bits per heavy atom. The molecular formula is C25H38OSi. The minimum atomic E-state index is -1.55. The molecule has 1 nitrogen and oxygen atoms in total. The van der Waals surface area contributed by atoms with Crippen LogP contribution in [-0.4, -0.2) is 8.07 Å². The molecule has 2 saturated carbocycles. The molecule has 0 spiro atoms. The van der Waals surface area contributed by atoms with Gasteiger partial charge < -0.3 is 4.74 Å². The molecule has 2 bridgehead atoms. The standard InChI is InChI=1S/C25H38OSi/c1-15(2)27(16(3)4,17(5)6)13-12-26-21-11-8-18(7)22-23-19-9-10-20(14-19)24(23)25(21)22/h8,11-13,15-17,19-20,23-24H,9-10,14H2,1-7H3/b13-12-. The van der Waals surface area contributed by atoms with Crippen LogP contribution in [0.1, 0.15) is 89.3 Å². The van der Waals surface area contributed by atoms with E-state index >= 15 is 0 Å². The van der Waals surface area contributed by atoms with E-state index in [-0.39, 0.29) is 0 Å². The maximum Gasteiger partial charge on any atom is 0.130 e. The van der Waals surface area contributed by atoms with Gasteiger partial charge in [0, 0.05) is 5.56 Å². The van der Waals surface area contributed by atoms with Gasteiger partial charge in [-0.2, -0.15) is 0 Å². The molecule has 0 heterocycles. The number of fused-ring (bicyclic) bond motifs is 8. The zero-order valence-corrected chi connectivity index (χ0v) is 19.4. The fourth-order valence-corrected chi connectivity index (χ4v) is 12.9. The molecule has 0 radical (unpaired) electrons. The van der Waals surface area contributed by atoms with E-state index in [0.717, 1.165) is 46.0 Å². The molecule has 4 rings (SSSR count). The Kier molecular flexibility index (Phi) is 4.86. The third kappa shape index (κ3) is 2.69. The van der Waals surface area contributed by atoms with E-state index in [0.29, 0.717) is 0 Å². The van der Waals surface area contributed by atoms with E-state index < -0.39 is 8.07 Å². The zero-order chi connectivity index (χ0) is 19.5. The fraction of sp³-hybridized carbons (Fsp3) is 0.680. The summed E-state index contributed by atoms with van der Waals surface area (Å²) in [5, 5.41) is 0. The van der Waals surface area contributed by atoms with Gasteiger partial charge in [0.15, 0.2) is 0 Å². The van der Waals surface area contributed by atoms with Crippen LogP contribution < -0.4 is 4.74 Å². The van der Waals surface area contributed by atoms with Gasteiger partial charge in [-0.25, -0.2) is 0 Å². The average Bonchev–Trinajstić information content (AvgIpc) is 3.12. The highest BCUT2D eigenvalue weighted by Crippen LogP contribution is 2.70.